The van der Waals surface area contributed by atoms with Gasteiger partial charge in [-0.05, 0) is 30.3 Å². The van der Waals surface area contributed by atoms with Gasteiger partial charge in [0, 0.05) is 17.7 Å². The third-order valence-corrected chi connectivity index (χ3v) is 6.10. The SMILES string of the molecule is O=C1NC(=O)N(c2cccc([N+](=O)[O-])c2)C(=O)C1=Cc1ccccc1OS(=O)(=O)c1ccccc1. The van der Waals surface area contributed by atoms with E-state index in [1.165, 1.54) is 66.7 Å². The van der Waals surface area contributed by atoms with Crippen molar-refractivity contribution in [3.05, 3.63) is 100 Å². The van der Waals surface area contributed by atoms with Crippen molar-refractivity contribution in [1.29, 1.82) is 0 Å². The molecule has 1 heterocycles. The summed E-state index contributed by atoms with van der Waals surface area (Å²) in [6.07, 6.45) is 1.07. The molecule has 4 amide bonds. The van der Waals surface area contributed by atoms with Gasteiger partial charge in [0.2, 0.25) is 0 Å². The van der Waals surface area contributed by atoms with Crippen LogP contribution >= 0.6 is 0 Å². The molecule has 0 aliphatic carbocycles. The number of benzene rings is 3. The predicted octanol–water partition coefficient (Wildman–Crippen LogP) is 3.03. The zero-order valence-electron chi connectivity index (χ0n) is 17.7. The monoisotopic (exact) mass is 493 g/mol. The number of hydrogen-bond donors (Lipinski definition) is 1. The van der Waals surface area contributed by atoms with E-state index in [1.54, 1.807) is 6.07 Å². The number of non-ortho nitro benzene ring substituents is 1. The Morgan fingerprint density at radius 3 is 2.31 bits per heavy atom. The van der Waals surface area contributed by atoms with Gasteiger partial charge in [-0.1, -0.05) is 42.5 Å². The quantitative estimate of drug-likeness (QED) is 0.181. The molecule has 1 N–H and O–H groups in total. The molecule has 35 heavy (non-hydrogen) atoms. The maximum absolute atomic E-state index is 13.1. The highest BCUT2D eigenvalue weighted by atomic mass is 32.2. The topological polar surface area (TPSA) is 153 Å². The van der Waals surface area contributed by atoms with Crippen molar-refractivity contribution < 1.29 is 31.9 Å². The highest BCUT2D eigenvalue weighted by Gasteiger charge is 2.37. The smallest absolute Gasteiger partial charge is 0.339 e. The lowest BCUT2D eigenvalue weighted by Crippen LogP contribution is -2.54. The zero-order valence-corrected chi connectivity index (χ0v) is 18.5. The van der Waals surface area contributed by atoms with Crippen molar-refractivity contribution in [1.82, 2.24) is 5.32 Å². The van der Waals surface area contributed by atoms with Gasteiger partial charge >= 0.3 is 16.1 Å². The number of carbonyl (C=O) groups is 3. The van der Waals surface area contributed by atoms with Crippen molar-refractivity contribution in [3.63, 3.8) is 0 Å². The van der Waals surface area contributed by atoms with Crippen LogP contribution in [-0.4, -0.2) is 31.2 Å². The molecule has 0 atom stereocenters. The number of barbiturate groups is 1. The fraction of sp³-hybridized carbons (Fsp3) is 0. The fourth-order valence-electron chi connectivity index (χ4n) is 3.22. The normalized spacial score (nSPS) is 15.1. The summed E-state index contributed by atoms with van der Waals surface area (Å²) in [4.78, 5) is 48.8. The molecule has 1 aliphatic heterocycles. The molecule has 0 bridgehead atoms. The minimum Gasteiger partial charge on any atom is -0.378 e. The Kier molecular flexibility index (Phi) is 6.12. The number of imide groups is 2. The molecule has 0 spiro atoms. The molecule has 12 heteroatoms. The molecule has 4 rings (SSSR count). The molecule has 0 unspecified atom stereocenters. The van der Waals surface area contributed by atoms with Crippen molar-refractivity contribution in [2.75, 3.05) is 4.90 Å². The fourth-order valence-corrected chi connectivity index (χ4v) is 4.20. The maximum Gasteiger partial charge on any atom is 0.339 e. The van der Waals surface area contributed by atoms with Crippen molar-refractivity contribution >= 4 is 45.4 Å². The first-order valence-electron chi connectivity index (χ1n) is 9.92. The van der Waals surface area contributed by atoms with E-state index in [1.807, 2.05) is 5.32 Å². The van der Waals surface area contributed by atoms with Gasteiger partial charge in [0.05, 0.1) is 10.6 Å². The van der Waals surface area contributed by atoms with Gasteiger partial charge in [-0.15, -0.1) is 0 Å². The van der Waals surface area contributed by atoms with Crippen LogP contribution in [0.2, 0.25) is 0 Å². The Labute approximate surface area is 198 Å². The number of nitro groups is 1. The lowest BCUT2D eigenvalue weighted by molar-refractivity contribution is -0.384. The number of rotatable bonds is 6. The number of para-hydroxylation sites is 1. The lowest BCUT2D eigenvalue weighted by Gasteiger charge is -2.26. The van der Waals surface area contributed by atoms with Crippen LogP contribution in [0.1, 0.15) is 5.56 Å². The van der Waals surface area contributed by atoms with E-state index < -0.39 is 38.5 Å². The zero-order chi connectivity index (χ0) is 25.2. The van der Waals surface area contributed by atoms with Crippen LogP contribution in [0.4, 0.5) is 16.2 Å². The summed E-state index contributed by atoms with van der Waals surface area (Å²) < 4.78 is 30.5. The predicted molar refractivity (Wildman–Crippen MR) is 123 cm³/mol. The van der Waals surface area contributed by atoms with Gasteiger partial charge in [-0.2, -0.15) is 8.42 Å². The highest BCUT2D eigenvalue weighted by Crippen LogP contribution is 2.28. The molecule has 1 aliphatic rings. The molecule has 0 radical (unpaired) electrons. The van der Waals surface area contributed by atoms with E-state index in [2.05, 4.69) is 0 Å². The van der Waals surface area contributed by atoms with Crippen LogP contribution < -0.4 is 14.4 Å². The number of urea groups is 1. The molecular formula is C23H15N3O8S. The Bertz CT molecular complexity index is 1500. The second kappa shape index (κ2) is 9.19. The highest BCUT2D eigenvalue weighted by molar-refractivity contribution is 7.87. The number of carbonyl (C=O) groups excluding carboxylic acids is 3. The van der Waals surface area contributed by atoms with Gasteiger partial charge < -0.3 is 4.18 Å². The number of amides is 4. The van der Waals surface area contributed by atoms with Crippen molar-refractivity contribution in [2.45, 2.75) is 4.90 Å². The van der Waals surface area contributed by atoms with Crippen molar-refractivity contribution in [2.24, 2.45) is 0 Å². The molecule has 3 aromatic rings. The maximum atomic E-state index is 13.1. The van der Waals surface area contributed by atoms with E-state index in [4.69, 9.17) is 4.18 Å². The van der Waals surface area contributed by atoms with Crippen LogP contribution in [0, 0.1) is 10.1 Å². The standard InChI is InChI=1S/C23H15N3O8S/c27-21-19(22(28)25(23(29)24-21)16-8-6-9-17(14-16)26(30)31)13-15-7-4-5-12-20(15)34-35(32,33)18-10-2-1-3-11-18/h1-14H,(H,24,27,29). The number of hydrogen-bond acceptors (Lipinski definition) is 8. The summed E-state index contributed by atoms with van der Waals surface area (Å²) in [7, 11) is -4.22. The van der Waals surface area contributed by atoms with E-state index in [9.17, 15) is 32.9 Å². The summed E-state index contributed by atoms with van der Waals surface area (Å²) >= 11 is 0. The van der Waals surface area contributed by atoms with Crippen LogP contribution in [0.15, 0.2) is 89.3 Å². The third-order valence-electron chi connectivity index (χ3n) is 4.85. The first kappa shape index (κ1) is 23.3. The Balaban J connectivity index is 1.72. The van der Waals surface area contributed by atoms with Gasteiger partial charge in [0.25, 0.3) is 17.5 Å². The first-order valence-corrected chi connectivity index (χ1v) is 11.3. The Hall–Kier alpha value is -4.84. The second-order valence-electron chi connectivity index (χ2n) is 7.12. The summed E-state index contributed by atoms with van der Waals surface area (Å²) in [5.41, 5.74) is -0.935. The van der Waals surface area contributed by atoms with Crippen LogP contribution in [-0.2, 0) is 19.7 Å². The Morgan fingerprint density at radius 1 is 0.914 bits per heavy atom. The molecular weight excluding hydrogens is 478 g/mol. The second-order valence-corrected chi connectivity index (χ2v) is 8.67. The van der Waals surface area contributed by atoms with E-state index in [0.717, 1.165) is 12.1 Å². The number of nitro benzene ring substituents is 1. The van der Waals surface area contributed by atoms with Crippen LogP contribution in [0.3, 0.4) is 0 Å². The average Bonchev–Trinajstić information content (AvgIpc) is 2.83. The number of nitrogens with zero attached hydrogens (tertiary/aromatic N) is 2. The first-order chi connectivity index (χ1) is 16.7. The van der Waals surface area contributed by atoms with E-state index >= 15 is 0 Å². The molecule has 3 aromatic carbocycles. The third kappa shape index (κ3) is 4.77. The minimum atomic E-state index is -4.22. The van der Waals surface area contributed by atoms with Gasteiger partial charge in [0.15, 0.2) is 0 Å². The molecule has 1 fully saturated rings. The number of nitrogens with one attached hydrogen (secondary N) is 1. The largest absolute Gasteiger partial charge is 0.378 e. The van der Waals surface area contributed by atoms with Crippen LogP contribution in [0.5, 0.6) is 5.75 Å². The molecule has 1 saturated heterocycles. The summed E-state index contributed by atoms with van der Waals surface area (Å²) in [6.45, 7) is 0. The van der Waals surface area contributed by atoms with Crippen molar-refractivity contribution in [3.8, 4) is 5.75 Å². The van der Waals surface area contributed by atoms with Gasteiger partial charge in [0.1, 0.15) is 16.2 Å². The van der Waals surface area contributed by atoms with Gasteiger partial charge in [-0.25, -0.2) is 9.69 Å². The van der Waals surface area contributed by atoms with E-state index in [-0.39, 0.29) is 27.6 Å². The molecule has 176 valence electrons. The van der Waals surface area contributed by atoms with Gasteiger partial charge in [-0.3, -0.25) is 25.0 Å². The van der Waals surface area contributed by atoms with E-state index in [0.29, 0.717) is 4.90 Å². The average molecular weight is 493 g/mol. The summed E-state index contributed by atoms with van der Waals surface area (Å²) in [5, 5.41) is 13.1. The van der Waals surface area contributed by atoms with Crippen LogP contribution in [0.25, 0.3) is 6.08 Å². The molecule has 0 saturated carbocycles. The lowest BCUT2D eigenvalue weighted by atomic mass is 10.1. The summed E-state index contributed by atoms with van der Waals surface area (Å²) in [5.74, 6) is -2.24. The summed E-state index contributed by atoms with van der Waals surface area (Å²) in [6, 6.07) is 16.8. The molecule has 0 aromatic heterocycles. The Morgan fingerprint density at radius 2 is 1.60 bits per heavy atom. The number of anilines is 1. The minimum absolute atomic E-state index is 0.0684. The molecule has 11 nitrogen and oxygen atoms in total.